The molecule has 0 bridgehead atoms. The molecular weight excluding hydrogens is 302 g/mol. The summed E-state index contributed by atoms with van der Waals surface area (Å²) in [6, 6.07) is 0. The van der Waals surface area contributed by atoms with Crippen molar-refractivity contribution >= 4 is 17.2 Å². The summed E-state index contributed by atoms with van der Waals surface area (Å²) >= 11 is 1.66. The van der Waals surface area contributed by atoms with Crippen LogP contribution in [0.25, 0.3) is 0 Å². The molecule has 2 saturated heterocycles. The summed E-state index contributed by atoms with van der Waals surface area (Å²) in [7, 11) is 1.64. The Morgan fingerprint density at radius 1 is 1.68 bits per heavy atom. The zero-order valence-electron chi connectivity index (χ0n) is 12.9. The maximum absolute atomic E-state index is 12.7. The minimum absolute atomic E-state index is 0.0441. The van der Waals surface area contributed by atoms with Crippen LogP contribution < -0.4 is 5.32 Å². The van der Waals surface area contributed by atoms with Gasteiger partial charge in [-0.2, -0.15) is 0 Å². The van der Waals surface area contributed by atoms with Crippen molar-refractivity contribution in [3.8, 4) is 0 Å². The van der Waals surface area contributed by atoms with Gasteiger partial charge in [-0.3, -0.25) is 9.69 Å². The Labute approximate surface area is 134 Å². The summed E-state index contributed by atoms with van der Waals surface area (Å²) in [6.45, 7) is 4.28. The quantitative estimate of drug-likeness (QED) is 0.787. The minimum atomic E-state index is -0.413. The highest BCUT2D eigenvalue weighted by atomic mass is 32.1. The first-order chi connectivity index (χ1) is 10.7. The lowest BCUT2D eigenvalue weighted by molar-refractivity contribution is -0.139. The third-order valence-electron chi connectivity index (χ3n) is 4.58. The Bertz CT molecular complexity index is 496. The number of rotatable bonds is 6. The van der Waals surface area contributed by atoms with Crippen LogP contribution in [0.2, 0.25) is 0 Å². The molecule has 1 aromatic rings. The van der Waals surface area contributed by atoms with E-state index in [1.165, 1.54) is 0 Å². The van der Waals surface area contributed by atoms with E-state index in [4.69, 9.17) is 9.47 Å². The van der Waals surface area contributed by atoms with E-state index >= 15 is 0 Å². The van der Waals surface area contributed by atoms with Gasteiger partial charge in [0.2, 0.25) is 5.91 Å². The van der Waals surface area contributed by atoms with Gasteiger partial charge >= 0.3 is 0 Å². The van der Waals surface area contributed by atoms with Crippen molar-refractivity contribution in [2.45, 2.75) is 25.5 Å². The van der Waals surface area contributed by atoms with Crippen LogP contribution in [0.15, 0.2) is 11.6 Å². The van der Waals surface area contributed by atoms with Gasteiger partial charge in [0.25, 0.3) is 0 Å². The fourth-order valence-electron chi connectivity index (χ4n) is 3.45. The number of piperidine rings is 1. The second kappa shape index (κ2) is 7.04. The summed E-state index contributed by atoms with van der Waals surface area (Å²) in [5, 5.41) is 6.11. The second-order valence-corrected chi connectivity index (χ2v) is 6.92. The highest BCUT2D eigenvalue weighted by molar-refractivity contribution is 7.09. The normalized spacial score (nSPS) is 28.5. The molecule has 0 aromatic carbocycles. The molecule has 0 aliphatic carbocycles. The van der Waals surface area contributed by atoms with Gasteiger partial charge in [0.15, 0.2) is 0 Å². The van der Waals surface area contributed by atoms with E-state index in [0.717, 1.165) is 37.5 Å². The van der Waals surface area contributed by atoms with E-state index in [-0.39, 0.29) is 12.0 Å². The summed E-state index contributed by atoms with van der Waals surface area (Å²) < 4.78 is 10.9. The molecule has 3 rings (SSSR count). The molecular formula is C15H23N3O3S. The lowest BCUT2D eigenvalue weighted by atomic mass is 9.75. The van der Waals surface area contributed by atoms with Crippen molar-refractivity contribution in [1.82, 2.24) is 15.2 Å². The molecule has 0 unspecified atom stereocenters. The lowest BCUT2D eigenvalue weighted by Crippen LogP contribution is -2.57. The van der Waals surface area contributed by atoms with Crippen molar-refractivity contribution < 1.29 is 14.3 Å². The molecule has 7 heteroatoms. The topological polar surface area (TPSA) is 63.7 Å². The van der Waals surface area contributed by atoms with Crippen LogP contribution in [0.3, 0.4) is 0 Å². The number of hydrogen-bond donors (Lipinski definition) is 1. The molecule has 122 valence electrons. The first-order valence-corrected chi connectivity index (χ1v) is 8.62. The monoisotopic (exact) mass is 325 g/mol. The number of thiazole rings is 1. The Morgan fingerprint density at radius 2 is 2.59 bits per heavy atom. The molecule has 0 spiro atoms. The molecule has 2 atom stereocenters. The fraction of sp³-hybridized carbons (Fsp3) is 0.733. The number of nitrogens with one attached hydrogen (secondary N) is 1. The predicted octanol–water partition coefficient (Wildman–Crippen LogP) is 0.887. The maximum atomic E-state index is 12.7. The first-order valence-electron chi connectivity index (χ1n) is 7.74. The van der Waals surface area contributed by atoms with Crippen LogP contribution in [-0.2, 0) is 20.8 Å². The molecule has 1 aromatic heterocycles. The van der Waals surface area contributed by atoms with Crippen LogP contribution in [0.5, 0.6) is 0 Å². The number of carbonyl (C=O) groups is 1. The zero-order chi connectivity index (χ0) is 15.4. The standard InChI is InChI=1S/C15H23N3O3S/c1-20-8-4-17-14(19)15-3-7-21-12(15)2-6-18(11-15)10-13-16-5-9-22-13/h5,9,12H,2-4,6-8,10-11H2,1H3,(H,17,19)/t12-,15-/m0/s1. The number of likely N-dealkylation sites (tertiary alicyclic amines) is 1. The molecule has 2 aliphatic heterocycles. The second-order valence-electron chi connectivity index (χ2n) is 5.94. The number of nitrogens with zero attached hydrogens (tertiary/aromatic N) is 2. The van der Waals surface area contributed by atoms with Gasteiger partial charge in [0.05, 0.1) is 24.7 Å². The fourth-order valence-corrected chi connectivity index (χ4v) is 4.11. The first kappa shape index (κ1) is 15.9. The van der Waals surface area contributed by atoms with Gasteiger partial charge in [-0.1, -0.05) is 0 Å². The number of ether oxygens (including phenoxy) is 2. The van der Waals surface area contributed by atoms with Crippen LogP contribution in [0.4, 0.5) is 0 Å². The number of hydrogen-bond acceptors (Lipinski definition) is 6. The molecule has 2 fully saturated rings. The Hall–Kier alpha value is -1.02. The molecule has 6 nitrogen and oxygen atoms in total. The number of amides is 1. The average molecular weight is 325 g/mol. The number of methoxy groups -OCH3 is 1. The average Bonchev–Trinajstić information content (AvgIpc) is 3.16. The SMILES string of the molecule is COCCNC(=O)[C@]12CCO[C@H]1CCN(Cc1nccs1)C2. The Morgan fingerprint density at radius 3 is 3.36 bits per heavy atom. The van der Waals surface area contributed by atoms with Crippen LogP contribution >= 0.6 is 11.3 Å². The third kappa shape index (κ3) is 3.17. The van der Waals surface area contributed by atoms with Gasteiger partial charge in [0, 0.05) is 44.9 Å². The van der Waals surface area contributed by atoms with E-state index < -0.39 is 5.41 Å². The van der Waals surface area contributed by atoms with Crippen molar-refractivity contribution in [3.05, 3.63) is 16.6 Å². The predicted molar refractivity (Wildman–Crippen MR) is 83.7 cm³/mol. The van der Waals surface area contributed by atoms with Gasteiger partial charge in [-0.15, -0.1) is 11.3 Å². The Balaban J connectivity index is 1.67. The van der Waals surface area contributed by atoms with Gasteiger partial charge < -0.3 is 14.8 Å². The van der Waals surface area contributed by atoms with Crippen LogP contribution in [-0.4, -0.2) is 61.9 Å². The summed E-state index contributed by atoms with van der Waals surface area (Å²) in [4.78, 5) is 19.4. The van der Waals surface area contributed by atoms with E-state index in [0.29, 0.717) is 19.8 Å². The molecule has 2 aliphatic rings. The minimum Gasteiger partial charge on any atom is -0.383 e. The largest absolute Gasteiger partial charge is 0.383 e. The number of carbonyl (C=O) groups excluding carboxylic acids is 1. The lowest BCUT2D eigenvalue weighted by Gasteiger charge is -2.42. The number of fused-ring (bicyclic) bond motifs is 1. The zero-order valence-corrected chi connectivity index (χ0v) is 13.7. The molecule has 0 saturated carbocycles. The Kier molecular flexibility index (Phi) is 5.07. The summed E-state index contributed by atoms with van der Waals surface area (Å²) in [5.41, 5.74) is -0.413. The van der Waals surface area contributed by atoms with Crippen molar-refractivity contribution in [3.63, 3.8) is 0 Å². The van der Waals surface area contributed by atoms with Gasteiger partial charge in [-0.05, 0) is 12.8 Å². The van der Waals surface area contributed by atoms with Crippen molar-refractivity contribution in [1.29, 1.82) is 0 Å². The van der Waals surface area contributed by atoms with Crippen LogP contribution in [0, 0.1) is 5.41 Å². The van der Waals surface area contributed by atoms with E-state index in [1.54, 1.807) is 18.4 Å². The van der Waals surface area contributed by atoms with Gasteiger partial charge in [-0.25, -0.2) is 4.98 Å². The van der Waals surface area contributed by atoms with Crippen molar-refractivity contribution in [2.24, 2.45) is 5.41 Å². The van der Waals surface area contributed by atoms with Crippen molar-refractivity contribution in [2.75, 3.05) is 40.0 Å². The summed E-state index contributed by atoms with van der Waals surface area (Å²) in [6.07, 6.45) is 3.58. The van der Waals surface area contributed by atoms with Gasteiger partial charge in [0.1, 0.15) is 5.01 Å². The van der Waals surface area contributed by atoms with E-state index in [1.807, 2.05) is 11.6 Å². The smallest absolute Gasteiger partial charge is 0.230 e. The third-order valence-corrected chi connectivity index (χ3v) is 5.35. The molecule has 22 heavy (non-hydrogen) atoms. The van der Waals surface area contributed by atoms with E-state index in [9.17, 15) is 4.79 Å². The molecule has 0 radical (unpaired) electrons. The molecule has 1 N–H and O–H groups in total. The highest BCUT2D eigenvalue weighted by Crippen LogP contribution is 2.41. The maximum Gasteiger partial charge on any atom is 0.230 e. The summed E-state index contributed by atoms with van der Waals surface area (Å²) in [5.74, 6) is 0.107. The number of aromatic nitrogens is 1. The molecule has 1 amide bonds. The van der Waals surface area contributed by atoms with E-state index in [2.05, 4.69) is 15.2 Å². The highest BCUT2D eigenvalue weighted by Gasteiger charge is 2.53. The van der Waals surface area contributed by atoms with Crippen LogP contribution in [0.1, 0.15) is 17.8 Å². The molecule has 3 heterocycles.